The Morgan fingerprint density at radius 1 is 1.09 bits per heavy atom. The Morgan fingerprint density at radius 2 is 1.81 bits per heavy atom. The summed E-state index contributed by atoms with van der Waals surface area (Å²) in [5, 5.41) is 17.0. The Bertz CT molecular complexity index is 1090. The summed E-state index contributed by atoms with van der Waals surface area (Å²) in [6, 6.07) is 13.2. The maximum Gasteiger partial charge on any atom is 0.573 e. The second kappa shape index (κ2) is 9.50. The molecular formula is C21H20F3N5O3. The monoisotopic (exact) mass is 447 g/mol. The highest BCUT2D eigenvalue weighted by Gasteiger charge is 2.31. The van der Waals surface area contributed by atoms with Gasteiger partial charge in [0.1, 0.15) is 11.6 Å². The van der Waals surface area contributed by atoms with E-state index in [-0.39, 0.29) is 17.5 Å². The van der Waals surface area contributed by atoms with Gasteiger partial charge >= 0.3 is 6.36 Å². The van der Waals surface area contributed by atoms with Crippen LogP contribution in [0.4, 0.5) is 30.6 Å². The van der Waals surface area contributed by atoms with Crippen LogP contribution in [-0.2, 0) is 6.54 Å². The molecular weight excluding hydrogens is 427 g/mol. The molecule has 0 aliphatic carbocycles. The van der Waals surface area contributed by atoms with Gasteiger partial charge in [0.25, 0.3) is 5.69 Å². The third kappa shape index (κ3) is 6.56. The van der Waals surface area contributed by atoms with Crippen LogP contribution in [0.25, 0.3) is 11.3 Å². The molecule has 8 nitrogen and oxygen atoms in total. The first-order chi connectivity index (χ1) is 15.1. The topological polar surface area (TPSA) is 102 Å². The van der Waals surface area contributed by atoms with Crippen molar-refractivity contribution in [2.75, 3.05) is 10.6 Å². The number of non-ortho nitro benzene ring substituents is 1. The van der Waals surface area contributed by atoms with E-state index < -0.39 is 11.3 Å². The molecule has 1 aromatic heterocycles. The van der Waals surface area contributed by atoms with E-state index in [1.807, 2.05) is 13.8 Å². The van der Waals surface area contributed by atoms with Crippen LogP contribution < -0.4 is 15.4 Å². The number of aromatic nitrogens is 2. The van der Waals surface area contributed by atoms with Gasteiger partial charge in [-0.2, -0.15) is 4.98 Å². The number of nitro benzene ring substituents is 1. The molecule has 2 N–H and O–H groups in total. The molecule has 0 saturated carbocycles. The predicted molar refractivity (Wildman–Crippen MR) is 113 cm³/mol. The van der Waals surface area contributed by atoms with Crippen molar-refractivity contribution in [1.82, 2.24) is 9.97 Å². The zero-order valence-corrected chi connectivity index (χ0v) is 17.2. The number of hydrogen-bond acceptors (Lipinski definition) is 7. The van der Waals surface area contributed by atoms with Crippen LogP contribution in [0.3, 0.4) is 0 Å². The Labute approximate surface area is 181 Å². The molecule has 0 saturated heterocycles. The van der Waals surface area contributed by atoms with Gasteiger partial charge in [-0.05, 0) is 31.5 Å². The number of hydrogen-bond donors (Lipinski definition) is 2. The van der Waals surface area contributed by atoms with Crippen LogP contribution in [0.15, 0.2) is 54.6 Å². The molecule has 3 aromatic rings. The van der Waals surface area contributed by atoms with Gasteiger partial charge in [-0.25, -0.2) is 4.98 Å². The lowest BCUT2D eigenvalue weighted by atomic mass is 10.1. The van der Waals surface area contributed by atoms with Crippen LogP contribution >= 0.6 is 0 Å². The van der Waals surface area contributed by atoms with Crippen molar-refractivity contribution >= 4 is 17.5 Å². The smallest absolute Gasteiger partial charge is 0.406 e. The summed E-state index contributed by atoms with van der Waals surface area (Å²) in [5.74, 6) is 0.372. The Hall–Kier alpha value is -3.89. The van der Waals surface area contributed by atoms with Gasteiger partial charge in [0.15, 0.2) is 0 Å². The Kier molecular flexibility index (Phi) is 6.76. The van der Waals surface area contributed by atoms with Crippen LogP contribution in [0.1, 0.15) is 19.4 Å². The molecule has 0 aliphatic heterocycles. The summed E-state index contributed by atoms with van der Waals surface area (Å²) in [4.78, 5) is 19.1. The van der Waals surface area contributed by atoms with Gasteiger partial charge in [-0.1, -0.05) is 24.3 Å². The van der Waals surface area contributed by atoms with Gasteiger partial charge in [0.2, 0.25) is 5.95 Å². The molecule has 0 atom stereocenters. The van der Waals surface area contributed by atoms with Gasteiger partial charge in [-0.3, -0.25) is 10.1 Å². The van der Waals surface area contributed by atoms with Crippen LogP contribution in [0.2, 0.25) is 0 Å². The second-order valence-corrected chi connectivity index (χ2v) is 7.11. The molecule has 0 amide bonds. The number of anilines is 2. The molecule has 32 heavy (non-hydrogen) atoms. The fourth-order valence-corrected chi connectivity index (χ4v) is 2.79. The molecule has 168 valence electrons. The second-order valence-electron chi connectivity index (χ2n) is 7.11. The molecule has 11 heteroatoms. The highest BCUT2D eigenvalue weighted by molar-refractivity contribution is 5.66. The number of halogens is 3. The zero-order chi connectivity index (χ0) is 23.3. The predicted octanol–water partition coefficient (Wildman–Crippen LogP) is 5.38. The summed E-state index contributed by atoms with van der Waals surface area (Å²) in [6.07, 6.45) is -4.80. The maximum atomic E-state index is 12.6. The maximum absolute atomic E-state index is 12.6. The van der Waals surface area contributed by atoms with Crippen molar-refractivity contribution in [3.63, 3.8) is 0 Å². The van der Waals surface area contributed by atoms with E-state index >= 15 is 0 Å². The minimum absolute atomic E-state index is 0.0116. The van der Waals surface area contributed by atoms with Crippen molar-refractivity contribution in [2.24, 2.45) is 0 Å². The zero-order valence-electron chi connectivity index (χ0n) is 17.2. The fourth-order valence-electron chi connectivity index (χ4n) is 2.79. The lowest BCUT2D eigenvalue weighted by molar-refractivity contribution is -0.384. The number of alkyl halides is 3. The number of ether oxygens (including phenoxy) is 1. The third-order valence-corrected chi connectivity index (χ3v) is 4.13. The summed E-state index contributed by atoms with van der Waals surface area (Å²) in [5.41, 5.74) is 1.58. The highest BCUT2D eigenvalue weighted by atomic mass is 19.4. The molecule has 1 heterocycles. The molecule has 0 spiro atoms. The largest absolute Gasteiger partial charge is 0.573 e. The van der Waals surface area contributed by atoms with E-state index in [9.17, 15) is 23.3 Å². The molecule has 0 unspecified atom stereocenters. The Morgan fingerprint density at radius 3 is 2.44 bits per heavy atom. The van der Waals surface area contributed by atoms with Gasteiger partial charge in [0, 0.05) is 36.3 Å². The van der Waals surface area contributed by atoms with Crippen molar-refractivity contribution < 1.29 is 22.8 Å². The molecule has 3 rings (SSSR count). The minimum atomic E-state index is -4.80. The van der Waals surface area contributed by atoms with E-state index in [0.717, 1.165) is 5.56 Å². The van der Waals surface area contributed by atoms with E-state index in [0.29, 0.717) is 29.6 Å². The Balaban J connectivity index is 1.86. The van der Waals surface area contributed by atoms with E-state index in [4.69, 9.17) is 0 Å². The number of nitrogens with zero attached hydrogens (tertiary/aromatic N) is 3. The third-order valence-electron chi connectivity index (χ3n) is 4.13. The van der Waals surface area contributed by atoms with Crippen molar-refractivity contribution in [3.05, 3.63) is 70.3 Å². The molecule has 2 aromatic carbocycles. The van der Waals surface area contributed by atoms with Gasteiger partial charge < -0.3 is 15.4 Å². The molecule has 0 aliphatic rings. The van der Waals surface area contributed by atoms with Crippen molar-refractivity contribution in [1.29, 1.82) is 0 Å². The van der Waals surface area contributed by atoms with E-state index in [1.165, 1.54) is 30.3 Å². The van der Waals surface area contributed by atoms with Gasteiger partial charge in [0.05, 0.1) is 10.6 Å². The lowest BCUT2D eigenvalue weighted by Gasteiger charge is -2.14. The number of nitrogens with one attached hydrogen (secondary N) is 2. The van der Waals surface area contributed by atoms with Crippen molar-refractivity contribution in [3.8, 4) is 17.0 Å². The average molecular weight is 447 g/mol. The average Bonchev–Trinajstić information content (AvgIpc) is 2.71. The summed E-state index contributed by atoms with van der Waals surface area (Å²) in [7, 11) is 0. The summed E-state index contributed by atoms with van der Waals surface area (Å²) in [6.45, 7) is 4.13. The first kappa shape index (κ1) is 22.8. The quantitative estimate of drug-likeness (QED) is 0.353. The normalized spacial score (nSPS) is 11.3. The number of nitro groups is 1. The number of benzene rings is 2. The SMILES string of the molecule is CC(C)Nc1nc(NCc2ccc([N+](=O)[O-])cc2)cc(-c2cccc(OC(F)(F)F)c2)n1. The highest BCUT2D eigenvalue weighted by Crippen LogP contribution is 2.29. The van der Waals surface area contributed by atoms with Crippen LogP contribution in [-0.4, -0.2) is 27.3 Å². The first-order valence-corrected chi connectivity index (χ1v) is 9.58. The standard InChI is InChI=1S/C21H20F3N5O3/c1-13(2)26-20-27-18(15-4-3-5-17(10-15)32-21(22,23)24)11-19(28-20)25-12-14-6-8-16(9-7-14)29(30)31/h3-11,13H,12H2,1-2H3,(H2,25,26,27,28). The van der Waals surface area contributed by atoms with Gasteiger partial charge in [-0.15, -0.1) is 13.2 Å². The van der Waals surface area contributed by atoms with Crippen LogP contribution in [0, 0.1) is 10.1 Å². The lowest BCUT2D eigenvalue weighted by Crippen LogP contribution is -2.17. The van der Waals surface area contributed by atoms with Crippen LogP contribution in [0.5, 0.6) is 5.75 Å². The van der Waals surface area contributed by atoms with Crippen molar-refractivity contribution in [2.45, 2.75) is 32.8 Å². The molecule has 0 radical (unpaired) electrons. The number of rotatable bonds is 8. The minimum Gasteiger partial charge on any atom is -0.406 e. The molecule has 0 fully saturated rings. The first-order valence-electron chi connectivity index (χ1n) is 9.58. The summed E-state index contributed by atoms with van der Waals surface area (Å²) >= 11 is 0. The fraction of sp³-hybridized carbons (Fsp3) is 0.238. The molecule has 0 bridgehead atoms. The van der Waals surface area contributed by atoms with E-state index in [1.54, 1.807) is 24.3 Å². The summed E-state index contributed by atoms with van der Waals surface area (Å²) < 4.78 is 41.7. The van der Waals surface area contributed by atoms with E-state index in [2.05, 4.69) is 25.3 Å².